The fourth-order valence-corrected chi connectivity index (χ4v) is 4.10. The highest BCUT2D eigenvalue weighted by Gasteiger charge is 2.11. The lowest BCUT2D eigenvalue weighted by molar-refractivity contribution is -0.121. The predicted molar refractivity (Wildman–Crippen MR) is 114 cm³/mol. The van der Waals surface area contributed by atoms with Crippen molar-refractivity contribution in [2.75, 3.05) is 13.7 Å². The Morgan fingerprint density at radius 2 is 1.97 bits per heavy atom. The molecule has 3 aromatic rings. The van der Waals surface area contributed by atoms with Gasteiger partial charge in [-0.05, 0) is 55.5 Å². The summed E-state index contributed by atoms with van der Waals surface area (Å²) in [5, 5.41) is 3.96. The maximum absolute atomic E-state index is 12.5. The number of unbranched alkanes of at least 4 members (excludes halogenated alkanes) is 1. The van der Waals surface area contributed by atoms with E-state index < -0.39 is 6.61 Å². The van der Waals surface area contributed by atoms with Crippen LogP contribution in [-0.2, 0) is 17.6 Å². The van der Waals surface area contributed by atoms with Crippen molar-refractivity contribution in [2.45, 2.75) is 38.7 Å². The van der Waals surface area contributed by atoms with Gasteiger partial charge in [-0.25, -0.2) is 4.98 Å². The summed E-state index contributed by atoms with van der Waals surface area (Å²) in [6, 6.07) is 12.9. The van der Waals surface area contributed by atoms with Gasteiger partial charge in [-0.2, -0.15) is 8.78 Å². The Bertz CT molecular complexity index is 945. The number of fused-ring (bicyclic) bond motifs is 1. The SMILES string of the molecule is COc1ccc(CCNC(=O)CCCCc2nc3ccccc3s2)cc1OC(F)F. The number of halogens is 2. The zero-order chi connectivity index (χ0) is 21.3. The van der Waals surface area contributed by atoms with Crippen molar-refractivity contribution in [3.05, 3.63) is 53.0 Å². The highest BCUT2D eigenvalue weighted by Crippen LogP contribution is 2.29. The van der Waals surface area contributed by atoms with Crippen LogP contribution in [0.3, 0.4) is 0 Å². The first kappa shape index (κ1) is 22.0. The van der Waals surface area contributed by atoms with E-state index in [9.17, 15) is 13.6 Å². The molecule has 0 aliphatic rings. The molecule has 3 rings (SSSR count). The number of nitrogens with one attached hydrogen (secondary N) is 1. The smallest absolute Gasteiger partial charge is 0.387 e. The molecule has 0 unspecified atom stereocenters. The van der Waals surface area contributed by atoms with E-state index in [-0.39, 0.29) is 17.4 Å². The summed E-state index contributed by atoms with van der Waals surface area (Å²) in [6.07, 6.45) is 3.52. The van der Waals surface area contributed by atoms with Crippen LogP contribution < -0.4 is 14.8 Å². The third-order valence-corrected chi connectivity index (χ3v) is 5.66. The quantitative estimate of drug-likeness (QED) is 0.433. The van der Waals surface area contributed by atoms with E-state index in [1.54, 1.807) is 23.5 Å². The van der Waals surface area contributed by atoms with Gasteiger partial charge in [-0.15, -0.1) is 11.3 Å². The molecule has 0 radical (unpaired) electrons. The fourth-order valence-electron chi connectivity index (χ4n) is 3.09. The minimum atomic E-state index is -2.92. The van der Waals surface area contributed by atoms with Crippen molar-refractivity contribution >= 4 is 27.5 Å². The molecule has 1 aromatic heterocycles. The molecule has 5 nitrogen and oxygen atoms in total. The molecule has 0 spiro atoms. The summed E-state index contributed by atoms with van der Waals surface area (Å²) in [5.41, 5.74) is 1.80. The number of carbonyl (C=O) groups is 1. The third kappa shape index (κ3) is 6.38. The molecule has 1 heterocycles. The van der Waals surface area contributed by atoms with Gasteiger partial charge < -0.3 is 14.8 Å². The number of methoxy groups -OCH3 is 1. The Balaban J connectivity index is 1.36. The first-order valence-corrected chi connectivity index (χ1v) is 10.6. The van der Waals surface area contributed by atoms with E-state index in [0.29, 0.717) is 19.4 Å². The molecule has 1 N–H and O–H groups in total. The number of benzene rings is 2. The van der Waals surface area contributed by atoms with Gasteiger partial charge in [-0.3, -0.25) is 4.79 Å². The lowest BCUT2D eigenvalue weighted by atomic mass is 10.1. The first-order chi connectivity index (χ1) is 14.5. The van der Waals surface area contributed by atoms with Gasteiger partial charge in [0.15, 0.2) is 11.5 Å². The van der Waals surface area contributed by atoms with Gasteiger partial charge in [0, 0.05) is 13.0 Å². The summed E-state index contributed by atoms with van der Waals surface area (Å²) < 4.78 is 35.7. The number of aryl methyl sites for hydroxylation is 1. The van der Waals surface area contributed by atoms with Crippen molar-refractivity contribution in [3.63, 3.8) is 0 Å². The number of rotatable bonds is 11. The van der Waals surface area contributed by atoms with Crippen LogP contribution in [0.4, 0.5) is 8.78 Å². The van der Waals surface area contributed by atoms with Crippen LogP contribution in [0.25, 0.3) is 10.2 Å². The lowest BCUT2D eigenvalue weighted by Crippen LogP contribution is -2.25. The summed E-state index contributed by atoms with van der Waals surface area (Å²) in [4.78, 5) is 16.6. The molecule has 1 amide bonds. The van der Waals surface area contributed by atoms with Crippen LogP contribution in [0, 0.1) is 0 Å². The van der Waals surface area contributed by atoms with Crippen LogP contribution in [0.2, 0.25) is 0 Å². The standard InChI is InChI=1S/C22H24F2N2O3S/c1-28-17-11-10-15(14-18(17)29-22(23)24)12-13-25-20(27)8-4-5-9-21-26-16-6-2-3-7-19(16)30-21/h2-3,6-7,10-11,14,22H,4-5,8-9,12-13H2,1H3,(H,25,27). The molecule has 160 valence electrons. The van der Waals surface area contributed by atoms with Crippen LogP contribution in [0.5, 0.6) is 11.5 Å². The fraction of sp³-hybridized carbons (Fsp3) is 0.364. The maximum Gasteiger partial charge on any atom is 0.387 e. The highest BCUT2D eigenvalue weighted by atomic mass is 32.1. The second-order valence-corrected chi connectivity index (χ2v) is 7.86. The molecule has 0 saturated carbocycles. The average Bonchev–Trinajstić information content (AvgIpc) is 3.14. The van der Waals surface area contributed by atoms with Crippen molar-refractivity contribution in [1.82, 2.24) is 10.3 Å². The number of hydrogen-bond acceptors (Lipinski definition) is 5. The summed E-state index contributed by atoms with van der Waals surface area (Å²) in [7, 11) is 1.39. The van der Waals surface area contributed by atoms with E-state index in [0.717, 1.165) is 35.4 Å². The minimum absolute atomic E-state index is 0.00817. The Morgan fingerprint density at radius 1 is 1.13 bits per heavy atom. The number of aromatic nitrogens is 1. The molecule has 0 bridgehead atoms. The van der Waals surface area contributed by atoms with E-state index in [1.807, 2.05) is 18.2 Å². The zero-order valence-electron chi connectivity index (χ0n) is 16.7. The van der Waals surface area contributed by atoms with E-state index in [2.05, 4.69) is 21.1 Å². The van der Waals surface area contributed by atoms with Crippen molar-refractivity contribution in [2.24, 2.45) is 0 Å². The van der Waals surface area contributed by atoms with Crippen LogP contribution >= 0.6 is 11.3 Å². The van der Waals surface area contributed by atoms with Crippen molar-refractivity contribution < 1.29 is 23.0 Å². The zero-order valence-corrected chi connectivity index (χ0v) is 17.5. The number of para-hydroxylation sites is 1. The van der Waals surface area contributed by atoms with Gasteiger partial charge >= 0.3 is 6.61 Å². The number of amides is 1. The monoisotopic (exact) mass is 434 g/mol. The second-order valence-electron chi connectivity index (χ2n) is 6.75. The number of alkyl halides is 2. The molecule has 0 aliphatic heterocycles. The van der Waals surface area contributed by atoms with Crippen LogP contribution in [-0.4, -0.2) is 31.2 Å². The van der Waals surface area contributed by atoms with Crippen molar-refractivity contribution in [3.8, 4) is 11.5 Å². The summed E-state index contributed by atoms with van der Waals surface area (Å²) in [5.74, 6) is 0.222. The largest absolute Gasteiger partial charge is 0.493 e. The van der Waals surface area contributed by atoms with Gasteiger partial charge in [0.1, 0.15) is 0 Å². The maximum atomic E-state index is 12.5. The van der Waals surface area contributed by atoms with Crippen LogP contribution in [0.15, 0.2) is 42.5 Å². The van der Waals surface area contributed by atoms with Gasteiger partial charge in [-0.1, -0.05) is 18.2 Å². The topological polar surface area (TPSA) is 60.5 Å². The van der Waals surface area contributed by atoms with Crippen molar-refractivity contribution in [1.29, 1.82) is 0 Å². The number of carbonyl (C=O) groups excluding carboxylic acids is 1. The highest BCUT2D eigenvalue weighted by molar-refractivity contribution is 7.18. The van der Waals surface area contributed by atoms with Gasteiger partial charge in [0.05, 0.1) is 22.3 Å². The van der Waals surface area contributed by atoms with Crippen LogP contribution in [0.1, 0.15) is 29.8 Å². The normalized spacial score (nSPS) is 11.1. The average molecular weight is 435 g/mol. The van der Waals surface area contributed by atoms with E-state index >= 15 is 0 Å². The Kier molecular flexibility index (Phi) is 7.96. The lowest BCUT2D eigenvalue weighted by Gasteiger charge is -2.12. The Morgan fingerprint density at radius 3 is 2.73 bits per heavy atom. The number of thiazole rings is 1. The number of hydrogen-bond donors (Lipinski definition) is 1. The molecular formula is C22H24F2N2O3S. The summed E-state index contributed by atoms with van der Waals surface area (Å²) >= 11 is 1.70. The van der Waals surface area contributed by atoms with E-state index in [1.165, 1.54) is 17.9 Å². The number of nitrogens with zero attached hydrogens (tertiary/aromatic N) is 1. The minimum Gasteiger partial charge on any atom is -0.493 e. The molecule has 0 atom stereocenters. The Labute approximate surface area is 178 Å². The van der Waals surface area contributed by atoms with Gasteiger partial charge in [0.25, 0.3) is 0 Å². The van der Waals surface area contributed by atoms with Gasteiger partial charge in [0.2, 0.25) is 5.91 Å². The summed E-state index contributed by atoms with van der Waals surface area (Å²) in [6.45, 7) is -2.49. The Hall–Kier alpha value is -2.74. The molecule has 0 fully saturated rings. The molecule has 8 heteroatoms. The first-order valence-electron chi connectivity index (χ1n) is 9.78. The molecule has 2 aromatic carbocycles. The molecule has 30 heavy (non-hydrogen) atoms. The molecule has 0 aliphatic carbocycles. The molecule has 0 saturated heterocycles. The third-order valence-electron chi connectivity index (χ3n) is 4.56. The second kappa shape index (κ2) is 10.9. The number of ether oxygens (including phenoxy) is 2. The van der Waals surface area contributed by atoms with E-state index in [4.69, 9.17) is 4.74 Å². The predicted octanol–water partition coefficient (Wildman–Crippen LogP) is 4.98. The molecular weight excluding hydrogens is 410 g/mol.